The van der Waals surface area contributed by atoms with Crippen LogP contribution in [0.5, 0.6) is 0 Å². The molecule has 158 valence electrons. The molecule has 1 N–H and O–H groups in total. The van der Waals surface area contributed by atoms with E-state index in [0.29, 0.717) is 17.1 Å². The Balaban J connectivity index is 0.00000240. The molecular weight excluding hydrogens is 388 g/mol. The Hall–Kier alpha value is -1.92. The third-order valence-electron chi connectivity index (χ3n) is 5.98. The van der Waals surface area contributed by atoms with Crippen molar-refractivity contribution in [2.24, 2.45) is 10.8 Å². The van der Waals surface area contributed by atoms with Gasteiger partial charge in [0.05, 0.1) is 0 Å². The number of nitrogens with one attached hydrogen (secondary N) is 1. The van der Waals surface area contributed by atoms with Crippen molar-refractivity contribution >= 4 is 18.3 Å². The van der Waals surface area contributed by atoms with Crippen LogP contribution in [0.3, 0.4) is 0 Å². The highest BCUT2D eigenvalue weighted by Crippen LogP contribution is 2.37. The van der Waals surface area contributed by atoms with Crippen molar-refractivity contribution in [1.29, 1.82) is 0 Å². The minimum absolute atomic E-state index is 0. The highest BCUT2D eigenvalue weighted by Gasteiger charge is 2.38. The van der Waals surface area contributed by atoms with Crippen LogP contribution in [0.2, 0.25) is 0 Å². The third-order valence-corrected chi connectivity index (χ3v) is 5.98. The van der Waals surface area contributed by atoms with Crippen molar-refractivity contribution in [3.8, 4) is 11.4 Å². The lowest BCUT2D eigenvalue weighted by atomic mass is 9.78. The normalized spacial score (nSPS) is 18.7. The molecule has 2 aliphatic rings. The Morgan fingerprint density at radius 1 is 1.17 bits per heavy atom. The van der Waals surface area contributed by atoms with Crippen LogP contribution < -0.4 is 5.32 Å². The minimum Gasteiger partial charge on any atom is -0.339 e. The summed E-state index contributed by atoms with van der Waals surface area (Å²) >= 11 is 0. The fourth-order valence-corrected chi connectivity index (χ4v) is 4.25. The second-order valence-electron chi connectivity index (χ2n) is 9.55. The average molecular weight is 419 g/mol. The third kappa shape index (κ3) is 4.98. The summed E-state index contributed by atoms with van der Waals surface area (Å²) in [7, 11) is 0. The summed E-state index contributed by atoms with van der Waals surface area (Å²) < 4.78 is 5.37. The van der Waals surface area contributed by atoms with Crippen molar-refractivity contribution in [2.75, 3.05) is 26.2 Å². The van der Waals surface area contributed by atoms with Gasteiger partial charge in [0.15, 0.2) is 0 Å². The number of benzene rings is 1. The molecule has 0 atom stereocenters. The lowest BCUT2D eigenvalue weighted by Crippen LogP contribution is -2.44. The van der Waals surface area contributed by atoms with Gasteiger partial charge in [-0.3, -0.25) is 4.79 Å². The van der Waals surface area contributed by atoms with Crippen LogP contribution in [0.25, 0.3) is 11.4 Å². The summed E-state index contributed by atoms with van der Waals surface area (Å²) in [6.45, 7) is 10.3. The SMILES string of the molecule is CC(C)(C)Cc1nc(-c2ccc(C(=O)N3CCC4(CCNC4)CC3)cc2)no1.Cl. The van der Waals surface area contributed by atoms with Gasteiger partial charge in [-0.1, -0.05) is 38.1 Å². The number of carbonyl (C=O) groups excluding carboxylic acids is 1. The van der Waals surface area contributed by atoms with Crippen molar-refractivity contribution < 1.29 is 9.32 Å². The van der Waals surface area contributed by atoms with Crippen LogP contribution in [0.4, 0.5) is 0 Å². The van der Waals surface area contributed by atoms with Crippen LogP contribution in [-0.4, -0.2) is 47.1 Å². The number of likely N-dealkylation sites (tertiary alicyclic amines) is 1. The molecule has 4 rings (SSSR count). The number of amides is 1. The number of nitrogens with zero attached hydrogens (tertiary/aromatic N) is 3. The molecule has 2 aromatic rings. The van der Waals surface area contributed by atoms with Crippen LogP contribution in [0.1, 0.15) is 56.3 Å². The van der Waals surface area contributed by atoms with Gasteiger partial charge < -0.3 is 14.7 Å². The predicted octanol–water partition coefficient (Wildman–Crippen LogP) is 3.96. The standard InChI is InChI=1S/C22H30N4O2.ClH/c1-21(2,3)14-18-24-19(25-28-18)16-4-6-17(7-5-16)20(27)26-12-9-22(10-13-26)8-11-23-15-22;/h4-7,23H,8-15H2,1-3H3;1H. The van der Waals surface area contributed by atoms with Crippen molar-refractivity contribution in [3.63, 3.8) is 0 Å². The van der Waals surface area contributed by atoms with Gasteiger partial charge in [0.1, 0.15) is 0 Å². The molecule has 1 aromatic heterocycles. The largest absolute Gasteiger partial charge is 0.339 e. The van der Waals surface area contributed by atoms with E-state index in [9.17, 15) is 4.79 Å². The Kier molecular flexibility index (Phi) is 6.34. The molecule has 0 unspecified atom stereocenters. The number of carbonyl (C=O) groups is 1. The van der Waals surface area contributed by atoms with Crippen molar-refractivity contribution in [2.45, 2.75) is 46.5 Å². The summed E-state index contributed by atoms with van der Waals surface area (Å²) in [6.07, 6.45) is 4.18. The summed E-state index contributed by atoms with van der Waals surface area (Å²) in [6, 6.07) is 7.56. The molecule has 7 heteroatoms. The monoisotopic (exact) mass is 418 g/mol. The molecule has 0 radical (unpaired) electrons. The Morgan fingerprint density at radius 3 is 2.45 bits per heavy atom. The van der Waals surface area contributed by atoms with E-state index < -0.39 is 0 Å². The maximum atomic E-state index is 12.9. The maximum absolute atomic E-state index is 12.9. The zero-order chi connectivity index (χ0) is 19.8. The summed E-state index contributed by atoms with van der Waals surface area (Å²) in [5.41, 5.74) is 2.11. The van der Waals surface area contributed by atoms with E-state index in [0.717, 1.165) is 56.6 Å². The second-order valence-corrected chi connectivity index (χ2v) is 9.55. The zero-order valence-electron chi connectivity index (χ0n) is 17.5. The molecule has 2 fully saturated rings. The van der Waals surface area contributed by atoms with Gasteiger partial charge in [0, 0.05) is 37.2 Å². The molecule has 1 aromatic carbocycles. The second kappa shape index (κ2) is 8.44. The summed E-state index contributed by atoms with van der Waals surface area (Å²) in [4.78, 5) is 19.4. The molecule has 6 nitrogen and oxygen atoms in total. The van der Waals surface area contributed by atoms with Crippen LogP contribution >= 0.6 is 12.4 Å². The Bertz CT molecular complexity index is 825. The van der Waals surface area contributed by atoms with Gasteiger partial charge in [-0.2, -0.15) is 4.98 Å². The smallest absolute Gasteiger partial charge is 0.253 e. The number of hydrogen-bond acceptors (Lipinski definition) is 5. The van der Waals surface area contributed by atoms with E-state index >= 15 is 0 Å². The van der Waals surface area contributed by atoms with Gasteiger partial charge in [0.25, 0.3) is 5.91 Å². The molecule has 1 spiro atoms. The first kappa shape index (κ1) is 21.8. The highest BCUT2D eigenvalue weighted by atomic mass is 35.5. The zero-order valence-corrected chi connectivity index (χ0v) is 18.3. The first-order chi connectivity index (χ1) is 13.3. The van der Waals surface area contributed by atoms with Gasteiger partial charge in [-0.15, -0.1) is 12.4 Å². The molecule has 0 aliphatic carbocycles. The van der Waals surface area contributed by atoms with E-state index in [1.54, 1.807) is 0 Å². The number of halogens is 1. The fraction of sp³-hybridized carbons (Fsp3) is 0.591. The van der Waals surface area contributed by atoms with Gasteiger partial charge in [0.2, 0.25) is 11.7 Å². The van der Waals surface area contributed by atoms with E-state index in [2.05, 4.69) is 36.2 Å². The predicted molar refractivity (Wildman–Crippen MR) is 115 cm³/mol. The quantitative estimate of drug-likeness (QED) is 0.816. The van der Waals surface area contributed by atoms with Gasteiger partial charge >= 0.3 is 0 Å². The molecule has 3 heterocycles. The Morgan fingerprint density at radius 2 is 1.86 bits per heavy atom. The number of aromatic nitrogens is 2. The van der Waals surface area contributed by atoms with E-state index in [-0.39, 0.29) is 23.7 Å². The van der Waals surface area contributed by atoms with E-state index in [1.165, 1.54) is 6.42 Å². The van der Waals surface area contributed by atoms with Crippen LogP contribution in [0, 0.1) is 10.8 Å². The van der Waals surface area contributed by atoms with Crippen molar-refractivity contribution in [3.05, 3.63) is 35.7 Å². The maximum Gasteiger partial charge on any atom is 0.253 e. The highest BCUT2D eigenvalue weighted by molar-refractivity contribution is 5.94. The summed E-state index contributed by atoms with van der Waals surface area (Å²) in [5, 5.41) is 7.56. The Labute approximate surface area is 178 Å². The number of hydrogen-bond donors (Lipinski definition) is 1. The molecule has 2 saturated heterocycles. The van der Waals surface area contributed by atoms with Gasteiger partial charge in [-0.05, 0) is 48.8 Å². The lowest BCUT2D eigenvalue weighted by Gasteiger charge is -2.38. The first-order valence-electron chi connectivity index (χ1n) is 10.3. The molecule has 1 amide bonds. The first-order valence-corrected chi connectivity index (χ1v) is 10.3. The van der Waals surface area contributed by atoms with Gasteiger partial charge in [-0.25, -0.2) is 0 Å². The molecule has 0 bridgehead atoms. The van der Waals surface area contributed by atoms with E-state index in [1.807, 2.05) is 29.2 Å². The van der Waals surface area contributed by atoms with Crippen LogP contribution in [-0.2, 0) is 6.42 Å². The lowest BCUT2D eigenvalue weighted by molar-refractivity contribution is 0.0607. The fourth-order valence-electron chi connectivity index (χ4n) is 4.25. The minimum atomic E-state index is 0. The molecule has 2 aliphatic heterocycles. The molecule has 0 saturated carbocycles. The molecule has 29 heavy (non-hydrogen) atoms. The van der Waals surface area contributed by atoms with Crippen molar-refractivity contribution in [1.82, 2.24) is 20.4 Å². The molecular formula is C22H31ClN4O2. The van der Waals surface area contributed by atoms with E-state index in [4.69, 9.17) is 4.52 Å². The number of piperidine rings is 1. The average Bonchev–Trinajstić information content (AvgIpc) is 3.31. The van der Waals surface area contributed by atoms with Crippen LogP contribution in [0.15, 0.2) is 28.8 Å². The topological polar surface area (TPSA) is 71.3 Å². The summed E-state index contributed by atoms with van der Waals surface area (Å²) in [5.74, 6) is 1.34. The number of rotatable bonds is 3.